The molecule has 0 unspecified atom stereocenters. The summed E-state index contributed by atoms with van der Waals surface area (Å²) in [7, 11) is 0. The molecule has 1 amide bonds. The number of carbonyl (C=O) groups excluding carboxylic acids is 5. The number of carbonyl (C=O) groups is 5. The van der Waals surface area contributed by atoms with Crippen molar-refractivity contribution in [2.45, 2.75) is 210 Å². The maximum atomic E-state index is 13.5. The predicted octanol–water partition coefficient (Wildman–Crippen LogP) is 10.00. The number of nitrogen functional groups attached to an aromatic ring is 1. The van der Waals surface area contributed by atoms with Crippen LogP contribution < -0.4 is 11.1 Å². The Balaban J connectivity index is 0.000000183. The molecule has 2 aromatic heterocycles. The first kappa shape index (κ1) is 54.9. The Labute approximate surface area is 424 Å². The smallest absolute Gasteiger partial charge is 0.310 e. The van der Waals surface area contributed by atoms with Crippen molar-refractivity contribution >= 4 is 40.8 Å². The second-order valence-corrected chi connectivity index (χ2v) is 25.7. The molecule has 71 heavy (non-hydrogen) atoms. The van der Waals surface area contributed by atoms with E-state index in [2.05, 4.69) is 47.9 Å². The SMILES string of the molecule is C.CC(=O)Nc1cnn(CC(=O)[C@H]2CC[C@H]3[C@@H]4CC[C@@H]5C[C@](C)(O)CC[C@]5(C)[C@H]4CC[C@]23C)c1.CC(=O)OC(C)=O.C[C@@]1(O)CC[C@@]2(C)[C@H](CC[C@@H]3[C@@H]2CC[C@]2(C)[C@@H](C(=O)Cn4cc(N)cn4)CC[C@@H]32)C1. The van der Waals surface area contributed by atoms with Crippen LogP contribution in [0.4, 0.5) is 11.4 Å². The average molecular weight is 987 g/mol. The summed E-state index contributed by atoms with van der Waals surface area (Å²) in [4.78, 5) is 57.6. The lowest BCUT2D eigenvalue weighted by Crippen LogP contribution is -2.55. The zero-order valence-electron chi connectivity index (χ0n) is 43.9. The third kappa shape index (κ3) is 10.9. The van der Waals surface area contributed by atoms with Crippen molar-refractivity contribution in [3.05, 3.63) is 24.8 Å². The lowest BCUT2D eigenvalue weighted by atomic mass is 9.44. The van der Waals surface area contributed by atoms with Crippen molar-refractivity contribution in [3.8, 4) is 0 Å². The summed E-state index contributed by atoms with van der Waals surface area (Å²) in [6.07, 6.45) is 27.1. The summed E-state index contributed by atoms with van der Waals surface area (Å²) >= 11 is 0. The van der Waals surface area contributed by atoms with Crippen LogP contribution in [0.2, 0.25) is 0 Å². The number of nitrogens with two attached hydrogens (primary N) is 1. The highest BCUT2D eigenvalue weighted by atomic mass is 16.6. The zero-order valence-corrected chi connectivity index (χ0v) is 43.9. The quantitative estimate of drug-likeness (QED) is 0.152. The molecule has 16 atom stereocenters. The summed E-state index contributed by atoms with van der Waals surface area (Å²) in [5.74, 6) is 5.25. The number of amides is 1. The van der Waals surface area contributed by atoms with E-state index >= 15 is 0 Å². The molecule has 14 nitrogen and oxygen atoms in total. The molecular formula is C57H90N6O8. The summed E-state index contributed by atoms with van der Waals surface area (Å²) < 4.78 is 7.36. The van der Waals surface area contributed by atoms with E-state index in [0.29, 0.717) is 64.0 Å². The van der Waals surface area contributed by atoms with Crippen LogP contribution in [0.5, 0.6) is 0 Å². The number of fused-ring (bicyclic) bond motifs is 10. The number of nitrogens with zero attached hydrogens (tertiary/aromatic N) is 4. The van der Waals surface area contributed by atoms with Gasteiger partial charge >= 0.3 is 11.9 Å². The number of aromatic nitrogens is 4. The molecule has 2 heterocycles. The number of ketones is 2. The molecule has 5 N–H and O–H groups in total. The second kappa shape index (κ2) is 20.4. The fourth-order valence-corrected chi connectivity index (χ4v) is 17.8. The monoisotopic (exact) mass is 987 g/mol. The van der Waals surface area contributed by atoms with Gasteiger partial charge in [0.2, 0.25) is 5.91 Å². The van der Waals surface area contributed by atoms with Crippen LogP contribution in [0.25, 0.3) is 0 Å². The Morgan fingerprint density at radius 1 is 0.592 bits per heavy atom. The van der Waals surface area contributed by atoms with E-state index in [-0.39, 0.29) is 42.5 Å². The maximum Gasteiger partial charge on any atom is 0.310 e. The topological polar surface area (TPSA) is 209 Å². The van der Waals surface area contributed by atoms with Crippen molar-refractivity contribution < 1.29 is 38.9 Å². The molecule has 8 saturated carbocycles. The molecule has 0 bridgehead atoms. The molecule has 8 aliphatic rings. The van der Waals surface area contributed by atoms with Gasteiger partial charge in [0.25, 0.3) is 0 Å². The first-order valence-electron chi connectivity index (χ1n) is 27.0. The third-order valence-electron chi connectivity index (χ3n) is 21.2. The normalized spacial score (nSPS) is 41.7. The van der Waals surface area contributed by atoms with Crippen LogP contribution >= 0.6 is 0 Å². The standard InChI is InChI=1S/C27H41N3O3.C25H39N3O2.C4H6O3.CH4/c1-17(31)29-19-14-28-30(15-19)16-24(32)23-8-7-21-20-6-5-18-13-25(2,33)11-12-26(18,3)22(20)9-10-27(21,23)4;1-23(30)10-11-24(2)16(12-23)4-5-18-19-6-7-21(25(19,3)9-8-20(18)24)22(29)15-28-14-17(26)13-27-28;1-3(5)7-4(2)6;/h14-15,18,20-23,33H,5-13,16H2,1-4H3,(H,29,31);13-14,16,18-21,30H,4-12,15,26H2,1-3H3;1-2H3;1H4/t18-,20+,21+,22+,23-,25-,26+,27+;16-,18+,19+,20+,21-,23-,24+,25+;;/m11../s1. The molecule has 0 spiro atoms. The third-order valence-corrected chi connectivity index (χ3v) is 21.2. The fraction of sp³-hybridized carbons (Fsp3) is 0.807. The average Bonchev–Trinajstić information content (AvgIpc) is 4.05. The van der Waals surface area contributed by atoms with Gasteiger partial charge in [-0.25, -0.2) is 0 Å². The number of Topliss-reactive ketones (excluding diaryl/α,β-unsaturated/α-hetero) is 2. The zero-order chi connectivity index (χ0) is 50.8. The second-order valence-electron chi connectivity index (χ2n) is 25.7. The van der Waals surface area contributed by atoms with E-state index in [1.807, 2.05) is 13.8 Å². The first-order valence-corrected chi connectivity index (χ1v) is 27.0. The van der Waals surface area contributed by atoms with Gasteiger partial charge in [0.15, 0.2) is 11.6 Å². The van der Waals surface area contributed by atoms with Gasteiger partial charge in [0.05, 0.1) is 48.1 Å². The van der Waals surface area contributed by atoms with Crippen molar-refractivity contribution in [1.82, 2.24) is 19.6 Å². The van der Waals surface area contributed by atoms with Crippen LogP contribution in [0.1, 0.15) is 185 Å². The van der Waals surface area contributed by atoms with Crippen LogP contribution in [0.15, 0.2) is 24.8 Å². The fourth-order valence-electron chi connectivity index (χ4n) is 17.8. The molecule has 14 heteroatoms. The highest BCUT2D eigenvalue weighted by molar-refractivity contribution is 5.88. The number of nitrogens with one attached hydrogen (secondary N) is 1. The lowest BCUT2D eigenvalue weighted by molar-refractivity contribution is -0.156. The van der Waals surface area contributed by atoms with E-state index in [1.165, 1.54) is 85.0 Å². The Morgan fingerprint density at radius 3 is 1.41 bits per heavy atom. The Morgan fingerprint density at radius 2 is 1.01 bits per heavy atom. The van der Waals surface area contributed by atoms with Crippen molar-refractivity contribution in [1.29, 1.82) is 0 Å². The van der Waals surface area contributed by atoms with Crippen molar-refractivity contribution in [2.24, 2.45) is 80.8 Å². The van der Waals surface area contributed by atoms with Gasteiger partial charge in [0, 0.05) is 45.0 Å². The number of anilines is 2. The number of esters is 2. The van der Waals surface area contributed by atoms with Crippen LogP contribution in [0, 0.1) is 80.8 Å². The number of ether oxygens (including phenoxy) is 1. The van der Waals surface area contributed by atoms with Crippen molar-refractivity contribution in [2.75, 3.05) is 11.1 Å². The van der Waals surface area contributed by atoms with Gasteiger partial charge in [0.1, 0.15) is 0 Å². The van der Waals surface area contributed by atoms with E-state index in [4.69, 9.17) is 5.73 Å². The van der Waals surface area contributed by atoms with Gasteiger partial charge in [-0.3, -0.25) is 33.3 Å². The molecule has 8 fully saturated rings. The molecule has 10 rings (SSSR count). The maximum absolute atomic E-state index is 13.5. The van der Waals surface area contributed by atoms with E-state index in [0.717, 1.165) is 75.0 Å². The predicted molar refractivity (Wildman–Crippen MR) is 274 cm³/mol. The lowest BCUT2D eigenvalue weighted by Gasteiger charge is -2.61. The largest absolute Gasteiger partial charge is 0.396 e. The minimum Gasteiger partial charge on any atom is -0.396 e. The summed E-state index contributed by atoms with van der Waals surface area (Å²) in [5.41, 5.74) is 7.05. The van der Waals surface area contributed by atoms with Crippen LogP contribution in [-0.4, -0.2) is 70.4 Å². The molecule has 0 radical (unpaired) electrons. The first-order chi connectivity index (χ1) is 32.8. The summed E-state index contributed by atoms with van der Waals surface area (Å²) in [6.45, 7) is 18.4. The molecule has 8 aliphatic carbocycles. The number of hydrogen-bond acceptors (Lipinski definition) is 11. The molecule has 2 aromatic rings. The Hall–Kier alpha value is -3.91. The van der Waals surface area contributed by atoms with Gasteiger partial charge in [-0.05, 0) is 198 Å². The van der Waals surface area contributed by atoms with Crippen molar-refractivity contribution in [3.63, 3.8) is 0 Å². The summed E-state index contributed by atoms with van der Waals surface area (Å²) in [6, 6.07) is 0. The molecule has 0 aromatic carbocycles. The van der Waals surface area contributed by atoms with Gasteiger partial charge in [-0.2, -0.15) is 10.2 Å². The Kier molecular flexibility index (Phi) is 15.8. The minimum absolute atomic E-state index is 0. The van der Waals surface area contributed by atoms with Gasteiger partial charge < -0.3 is 26.0 Å². The van der Waals surface area contributed by atoms with Gasteiger partial charge in [-0.1, -0.05) is 35.1 Å². The molecular weight excluding hydrogens is 897 g/mol. The number of rotatable bonds is 7. The Bertz CT molecular complexity index is 2270. The van der Waals surface area contributed by atoms with Gasteiger partial charge in [-0.15, -0.1) is 0 Å². The molecule has 396 valence electrons. The van der Waals surface area contributed by atoms with Crippen LogP contribution in [0.3, 0.4) is 0 Å². The molecule has 0 saturated heterocycles. The highest BCUT2D eigenvalue weighted by Gasteiger charge is 2.63. The van der Waals surface area contributed by atoms with E-state index < -0.39 is 23.1 Å². The van der Waals surface area contributed by atoms with E-state index in [9.17, 15) is 34.2 Å². The summed E-state index contributed by atoms with van der Waals surface area (Å²) in [5, 5.41) is 32.7. The molecule has 0 aliphatic heterocycles. The van der Waals surface area contributed by atoms with E-state index in [1.54, 1.807) is 34.2 Å². The number of aliphatic hydroxyl groups is 2. The highest BCUT2D eigenvalue weighted by Crippen LogP contribution is 2.70. The minimum atomic E-state index is -0.562. The van der Waals surface area contributed by atoms with Crippen LogP contribution in [-0.2, 0) is 41.8 Å². The number of hydrogen-bond donors (Lipinski definition) is 4.